The summed E-state index contributed by atoms with van der Waals surface area (Å²) >= 11 is 1.71. The van der Waals surface area contributed by atoms with Crippen LogP contribution in [0, 0.1) is 30.8 Å². The van der Waals surface area contributed by atoms with Crippen LogP contribution in [-0.2, 0) is 0 Å². The van der Waals surface area contributed by atoms with Crippen LogP contribution in [0.25, 0.3) is 0 Å². The minimum atomic E-state index is -0.545. The Balaban J connectivity index is 2.51. The molecule has 0 aliphatic rings. The summed E-state index contributed by atoms with van der Waals surface area (Å²) in [5.74, 6) is -0.517. The van der Waals surface area contributed by atoms with Gasteiger partial charge in [0.2, 0.25) is 0 Å². The highest BCUT2D eigenvalue weighted by molar-refractivity contribution is 14.1. The first-order valence-electron chi connectivity index (χ1n) is 5.81. The van der Waals surface area contributed by atoms with Crippen LogP contribution in [-0.4, -0.2) is 12.0 Å². The second-order valence-corrected chi connectivity index (χ2v) is 5.39. The van der Waals surface area contributed by atoms with Crippen molar-refractivity contribution < 1.29 is 9.31 Å². The highest BCUT2D eigenvalue weighted by atomic mass is 127. The lowest BCUT2D eigenvalue weighted by molar-refractivity contribution is -0.384. The van der Waals surface area contributed by atoms with Gasteiger partial charge in [0.25, 0.3) is 5.69 Å². The van der Waals surface area contributed by atoms with Crippen molar-refractivity contribution in [3.63, 3.8) is 0 Å². The molecule has 7 heteroatoms. The molecule has 0 aliphatic carbocycles. The van der Waals surface area contributed by atoms with Crippen molar-refractivity contribution >= 4 is 39.7 Å². The quantitative estimate of drug-likeness (QED) is 0.447. The van der Waals surface area contributed by atoms with Crippen LogP contribution < -0.4 is 4.90 Å². The number of nitro groups is 1. The Kier molecular flexibility index (Phi) is 4.37. The van der Waals surface area contributed by atoms with Gasteiger partial charge in [0, 0.05) is 24.9 Å². The van der Waals surface area contributed by atoms with Crippen molar-refractivity contribution in [3.8, 4) is 6.07 Å². The van der Waals surface area contributed by atoms with E-state index in [1.165, 1.54) is 11.0 Å². The Hall–Kier alpha value is -2.21. The zero-order valence-corrected chi connectivity index (χ0v) is 13.0. The predicted octanol–water partition coefficient (Wildman–Crippen LogP) is 3.98. The van der Waals surface area contributed by atoms with Crippen LogP contribution in [0.2, 0.25) is 0 Å². The van der Waals surface area contributed by atoms with Crippen molar-refractivity contribution in [1.29, 1.82) is 5.26 Å². The van der Waals surface area contributed by atoms with Gasteiger partial charge in [-0.1, -0.05) is 0 Å². The molecule has 21 heavy (non-hydrogen) atoms. The first-order chi connectivity index (χ1) is 9.93. The summed E-state index contributed by atoms with van der Waals surface area (Å²) < 4.78 is 13.9. The number of rotatable bonds is 3. The average Bonchev–Trinajstić information content (AvgIpc) is 2.48. The van der Waals surface area contributed by atoms with Crippen LogP contribution in [0.1, 0.15) is 5.56 Å². The highest BCUT2D eigenvalue weighted by Gasteiger charge is 2.21. The number of benzene rings is 2. The smallest absolute Gasteiger partial charge is 0.294 e. The lowest BCUT2D eigenvalue weighted by Crippen LogP contribution is -2.12. The van der Waals surface area contributed by atoms with E-state index < -0.39 is 10.7 Å². The maximum absolute atomic E-state index is 13.7. The third kappa shape index (κ3) is 3.11. The van der Waals surface area contributed by atoms with Gasteiger partial charge in [-0.2, -0.15) is 5.26 Å². The third-order valence-corrected chi connectivity index (χ3v) is 3.79. The van der Waals surface area contributed by atoms with E-state index in [1.807, 2.05) is 6.07 Å². The van der Waals surface area contributed by atoms with E-state index in [9.17, 15) is 14.5 Å². The minimum absolute atomic E-state index is 0.155. The number of anilines is 2. The molecule has 0 fully saturated rings. The van der Waals surface area contributed by atoms with Crippen molar-refractivity contribution in [3.05, 3.63) is 61.5 Å². The zero-order chi connectivity index (χ0) is 15.6. The maximum atomic E-state index is 13.7. The van der Waals surface area contributed by atoms with Gasteiger partial charge in [-0.05, 0) is 46.9 Å². The fourth-order valence-electron chi connectivity index (χ4n) is 1.84. The molecule has 0 aromatic heterocycles. The van der Waals surface area contributed by atoms with Crippen LogP contribution in [0.15, 0.2) is 36.4 Å². The molecule has 0 radical (unpaired) electrons. The average molecular weight is 397 g/mol. The largest absolute Gasteiger partial charge is 0.339 e. The topological polar surface area (TPSA) is 70.2 Å². The summed E-state index contributed by atoms with van der Waals surface area (Å²) in [7, 11) is 1.61. The number of nitriles is 1. The van der Waals surface area contributed by atoms with Gasteiger partial charge in [-0.25, -0.2) is 4.39 Å². The van der Waals surface area contributed by atoms with Crippen molar-refractivity contribution in [2.45, 2.75) is 0 Å². The van der Waals surface area contributed by atoms with Gasteiger partial charge < -0.3 is 4.90 Å². The van der Waals surface area contributed by atoms with E-state index >= 15 is 0 Å². The first-order valence-corrected chi connectivity index (χ1v) is 6.89. The number of hydrogen-bond donors (Lipinski definition) is 0. The number of hydrogen-bond acceptors (Lipinski definition) is 4. The molecule has 0 aliphatic heterocycles. The van der Waals surface area contributed by atoms with E-state index in [0.29, 0.717) is 11.3 Å². The Bertz CT molecular complexity index is 741. The van der Waals surface area contributed by atoms with Crippen LogP contribution in [0.3, 0.4) is 0 Å². The second-order valence-electron chi connectivity index (χ2n) is 4.23. The van der Waals surface area contributed by atoms with Crippen LogP contribution >= 0.6 is 22.6 Å². The van der Waals surface area contributed by atoms with Gasteiger partial charge >= 0.3 is 0 Å². The lowest BCUT2D eigenvalue weighted by atomic mass is 10.2. The van der Waals surface area contributed by atoms with Crippen LogP contribution in [0.5, 0.6) is 0 Å². The summed E-state index contributed by atoms with van der Waals surface area (Å²) in [5.41, 5.74) is 1.09. The van der Waals surface area contributed by atoms with E-state index in [-0.39, 0.29) is 14.9 Å². The molecule has 2 aromatic rings. The van der Waals surface area contributed by atoms with Gasteiger partial charge in [-0.15, -0.1) is 0 Å². The molecule has 0 amide bonds. The van der Waals surface area contributed by atoms with Crippen molar-refractivity contribution in [2.75, 3.05) is 11.9 Å². The second kappa shape index (κ2) is 6.05. The molecule has 0 atom stereocenters. The van der Waals surface area contributed by atoms with E-state index in [2.05, 4.69) is 0 Å². The Morgan fingerprint density at radius 2 is 1.95 bits per heavy atom. The van der Waals surface area contributed by atoms with Crippen molar-refractivity contribution in [1.82, 2.24) is 0 Å². The van der Waals surface area contributed by atoms with Crippen molar-refractivity contribution in [2.24, 2.45) is 0 Å². The molecular formula is C14H9FIN3O2. The molecule has 2 aromatic carbocycles. The molecule has 0 unspecified atom stereocenters. The molecule has 0 saturated carbocycles. The lowest BCUT2D eigenvalue weighted by Gasteiger charge is -2.19. The molecule has 5 nitrogen and oxygen atoms in total. The standard InChI is InChI=1S/C14H9FIN3O2/c1-18(10-4-2-9(8-17)3-5-10)13-6-11(15)12(16)7-14(13)19(20)21/h2-7H,1H3. The number of nitro benzene ring substituents is 1. The minimum Gasteiger partial charge on any atom is -0.339 e. The monoisotopic (exact) mass is 397 g/mol. The molecule has 0 spiro atoms. The van der Waals surface area contributed by atoms with Crippen LogP contribution in [0.4, 0.5) is 21.5 Å². The van der Waals surface area contributed by atoms with Gasteiger partial charge in [0.1, 0.15) is 11.5 Å². The van der Waals surface area contributed by atoms with E-state index in [4.69, 9.17) is 5.26 Å². The maximum Gasteiger partial charge on any atom is 0.294 e. The molecule has 106 valence electrons. The molecule has 0 saturated heterocycles. The summed E-state index contributed by atoms with van der Waals surface area (Å²) in [6.45, 7) is 0. The van der Waals surface area contributed by atoms with Gasteiger partial charge in [-0.3, -0.25) is 10.1 Å². The molecule has 0 heterocycles. The Morgan fingerprint density at radius 1 is 1.33 bits per heavy atom. The number of nitrogens with zero attached hydrogens (tertiary/aromatic N) is 3. The number of halogens is 2. The molecule has 2 rings (SSSR count). The van der Waals surface area contributed by atoms with E-state index in [1.54, 1.807) is 53.9 Å². The summed E-state index contributed by atoms with van der Waals surface area (Å²) in [6, 6.07) is 10.8. The van der Waals surface area contributed by atoms with Gasteiger partial charge in [0.15, 0.2) is 0 Å². The molecular weight excluding hydrogens is 388 g/mol. The Morgan fingerprint density at radius 3 is 2.48 bits per heavy atom. The third-order valence-electron chi connectivity index (χ3n) is 2.96. The SMILES string of the molecule is CN(c1ccc(C#N)cc1)c1cc(F)c(I)cc1[N+](=O)[O-]. The summed E-state index contributed by atoms with van der Waals surface area (Å²) in [4.78, 5) is 12.1. The summed E-state index contributed by atoms with van der Waals surface area (Å²) in [6.07, 6.45) is 0. The molecule has 0 N–H and O–H groups in total. The Labute approximate surface area is 133 Å². The molecule has 0 bridgehead atoms. The summed E-state index contributed by atoms with van der Waals surface area (Å²) in [5, 5.41) is 19.9. The predicted molar refractivity (Wildman–Crippen MR) is 85.0 cm³/mol. The normalized spacial score (nSPS) is 10.0. The highest BCUT2D eigenvalue weighted by Crippen LogP contribution is 2.35. The fraction of sp³-hybridized carbons (Fsp3) is 0.0714. The zero-order valence-electron chi connectivity index (χ0n) is 10.9. The van der Waals surface area contributed by atoms with Gasteiger partial charge in [0.05, 0.1) is 20.1 Å². The first kappa shape index (κ1) is 15.2. The van der Waals surface area contributed by atoms with E-state index in [0.717, 1.165) is 6.07 Å². The fourth-order valence-corrected chi connectivity index (χ4v) is 2.29.